The fraction of sp³-hybridized carbons (Fsp3) is 0.273. The molecule has 3 aromatic rings. The van der Waals surface area contributed by atoms with Gasteiger partial charge in [0.2, 0.25) is 5.95 Å². The Balaban J connectivity index is 1.95. The molecule has 0 aliphatic rings. The predicted molar refractivity (Wildman–Crippen MR) is 121 cm³/mol. The van der Waals surface area contributed by atoms with Crippen LogP contribution in [0.2, 0.25) is 0 Å². The van der Waals surface area contributed by atoms with Gasteiger partial charge in [-0.15, -0.1) is 0 Å². The number of anilines is 2. The topological polar surface area (TPSA) is 106 Å². The molecule has 0 radical (unpaired) electrons. The molecular formula is C22H25N3O4S2. The smallest absolute Gasteiger partial charge is 0.227 e. The van der Waals surface area contributed by atoms with Crippen LogP contribution in [0.3, 0.4) is 0 Å². The van der Waals surface area contributed by atoms with Crippen molar-refractivity contribution in [3.8, 4) is 0 Å². The molecule has 2 aromatic carbocycles. The van der Waals surface area contributed by atoms with Crippen LogP contribution in [-0.4, -0.2) is 39.3 Å². The summed E-state index contributed by atoms with van der Waals surface area (Å²) in [5.74, 6) is 0.514. The van der Waals surface area contributed by atoms with Crippen molar-refractivity contribution < 1.29 is 16.8 Å². The summed E-state index contributed by atoms with van der Waals surface area (Å²) < 4.78 is 47.4. The number of nitrogens with one attached hydrogen (secondary N) is 1. The summed E-state index contributed by atoms with van der Waals surface area (Å²) in [6.07, 6.45) is 4.53. The van der Waals surface area contributed by atoms with Gasteiger partial charge >= 0.3 is 0 Å². The maximum Gasteiger partial charge on any atom is 0.227 e. The van der Waals surface area contributed by atoms with E-state index in [1.165, 1.54) is 18.4 Å². The van der Waals surface area contributed by atoms with Crippen LogP contribution in [0, 0.1) is 0 Å². The van der Waals surface area contributed by atoms with Crippen LogP contribution < -0.4 is 5.32 Å². The van der Waals surface area contributed by atoms with Crippen molar-refractivity contribution in [3.63, 3.8) is 0 Å². The number of benzene rings is 2. The third kappa shape index (κ3) is 5.89. The van der Waals surface area contributed by atoms with E-state index < -0.39 is 19.7 Å². The molecule has 0 aliphatic heterocycles. The van der Waals surface area contributed by atoms with Crippen molar-refractivity contribution in [3.05, 3.63) is 71.5 Å². The van der Waals surface area contributed by atoms with Gasteiger partial charge in [0.05, 0.1) is 15.5 Å². The van der Waals surface area contributed by atoms with Crippen LogP contribution in [-0.2, 0) is 26.1 Å². The van der Waals surface area contributed by atoms with E-state index in [-0.39, 0.29) is 15.7 Å². The van der Waals surface area contributed by atoms with Crippen LogP contribution in [0.5, 0.6) is 0 Å². The van der Waals surface area contributed by atoms with Crippen molar-refractivity contribution >= 4 is 31.3 Å². The molecule has 0 aliphatic carbocycles. The summed E-state index contributed by atoms with van der Waals surface area (Å²) in [6, 6.07) is 13.3. The second-order valence-corrected chi connectivity index (χ2v) is 11.8. The molecule has 0 spiro atoms. The zero-order chi connectivity index (χ0) is 22.8. The highest BCUT2D eigenvalue weighted by Crippen LogP contribution is 2.24. The first-order valence-electron chi connectivity index (χ1n) is 9.65. The van der Waals surface area contributed by atoms with Crippen LogP contribution in [0.25, 0.3) is 0 Å². The highest BCUT2D eigenvalue weighted by atomic mass is 32.2. The summed E-state index contributed by atoms with van der Waals surface area (Å²) in [6.45, 7) is 4.08. The van der Waals surface area contributed by atoms with Gasteiger partial charge in [-0.3, -0.25) is 0 Å². The Labute approximate surface area is 183 Å². The predicted octanol–water partition coefficient (Wildman–Crippen LogP) is 3.74. The van der Waals surface area contributed by atoms with Crippen molar-refractivity contribution in [2.75, 3.05) is 17.8 Å². The van der Waals surface area contributed by atoms with E-state index in [1.54, 1.807) is 36.5 Å². The molecule has 3 rings (SSSR count). The molecule has 0 unspecified atom stereocenters. The van der Waals surface area contributed by atoms with Gasteiger partial charge in [0, 0.05) is 30.8 Å². The molecule has 0 bridgehead atoms. The fourth-order valence-electron chi connectivity index (χ4n) is 3.12. The zero-order valence-electron chi connectivity index (χ0n) is 17.8. The lowest BCUT2D eigenvalue weighted by atomic mass is 9.99. The van der Waals surface area contributed by atoms with E-state index in [0.717, 1.165) is 23.1 Å². The Morgan fingerprint density at radius 3 is 2.13 bits per heavy atom. The zero-order valence-corrected chi connectivity index (χ0v) is 19.5. The van der Waals surface area contributed by atoms with Gasteiger partial charge in [0.1, 0.15) is 0 Å². The van der Waals surface area contributed by atoms with E-state index >= 15 is 0 Å². The van der Waals surface area contributed by atoms with E-state index in [0.29, 0.717) is 18.1 Å². The second kappa shape index (κ2) is 8.76. The molecule has 0 saturated heterocycles. The maximum atomic E-state index is 11.9. The molecule has 1 aromatic heterocycles. The van der Waals surface area contributed by atoms with Crippen molar-refractivity contribution in [1.29, 1.82) is 0 Å². The largest absolute Gasteiger partial charge is 0.324 e. The minimum absolute atomic E-state index is 0.177. The molecule has 9 heteroatoms. The number of hydrogen-bond acceptors (Lipinski definition) is 7. The lowest BCUT2D eigenvalue weighted by Gasteiger charge is -2.14. The average molecular weight is 460 g/mol. The lowest BCUT2D eigenvalue weighted by Crippen LogP contribution is -2.07. The molecule has 0 fully saturated rings. The summed E-state index contributed by atoms with van der Waals surface area (Å²) in [5, 5.41) is 3.06. The Bertz CT molecular complexity index is 1320. The standard InChI is InChI=1S/C22H25N3O4S2/c1-15(2)20-14-23-22(24-17-8-6-10-19(13-17)31(4,28)29)25-21(20)12-16-7-5-9-18(11-16)30(3,26)27/h5-11,13-15H,12H2,1-4H3,(H,23,24,25). The second-order valence-electron chi connectivity index (χ2n) is 7.77. The first kappa shape index (κ1) is 22.9. The van der Waals surface area contributed by atoms with E-state index in [2.05, 4.69) is 15.3 Å². The third-order valence-electron chi connectivity index (χ3n) is 4.74. The Morgan fingerprint density at radius 1 is 0.903 bits per heavy atom. The highest BCUT2D eigenvalue weighted by Gasteiger charge is 2.14. The summed E-state index contributed by atoms with van der Waals surface area (Å²) in [4.78, 5) is 9.49. The van der Waals surface area contributed by atoms with Gasteiger partial charge in [0.25, 0.3) is 0 Å². The van der Waals surface area contributed by atoms with Gasteiger partial charge < -0.3 is 5.32 Å². The normalized spacial score (nSPS) is 12.2. The monoisotopic (exact) mass is 459 g/mol. The Kier molecular flexibility index (Phi) is 6.47. The number of aromatic nitrogens is 2. The van der Waals surface area contributed by atoms with Gasteiger partial charge in [-0.1, -0.05) is 32.0 Å². The van der Waals surface area contributed by atoms with Gasteiger partial charge in [-0.25, -0.2) is 26.8 Å². The molecule has 7 nitrogen and oxygen atoms in total. The van der Waals surface area contributed by atoms with E-state index in [4.69, 9.17) is 0 Å². The SMILES string of the molecule is CC(C)c1cnc(Nc2cccc(S(C)(=O)=O)c2)nc1Cc1cccc(S(C)(=O)=O)c1. The lowest BCUT2D eigenvalue weighted by molar-refractivity contribution is 0.600. The minimum Gasteiger partial charge on any atom is -0.324 e. The first-order valence-corrected chi connectivity index (χ1v) is 13.4. The van der Waals surface area contributed by atoms with Crippen molar-refractivity contribution in [1.82, 2.24) is 9.97 Å². The summed E-state index contributed by atoms with van der Waals surface area (Å²) >= 11 is 0. The average Bonchev–Trinajstić information content (AvgIpc) is 2.67. The Hall–Kier alpha value is -2.78. The minimum atomic E-state index is -3.33. The summed E-state index contributed by atoms with van der Waals surface area (Å²) in [5.41, 5.74) is 3.12. The molecular weight excluding hydrogens is 434 g/mol. The Morgan fingerprint density at radius 2 is 1.52 bits per heavy atom. The molecule has 0 saturated carbocycles. The molecule has 31 heavy (non-hydrogen) atoms. The molecule has 1 heterocycles. The number of hydrogen-bond donors (Lipinski definition) is 1. The molecule has 164 valence electrons. The number of rotatable bonds is 7. The van der Waals surface area contributed by atoms with E-state index in [1.807, 2.05) is 19.9 Å². The van der Waals surface area contributed by atoms with Crippen LogP contribution in [0.15, 0.2) is 64.5 Å². The molecule has 0 atom stereocenters. The number of nitrogens with zero attached hydrogens (tertiary/aromatic N) is 2. The molecule has 1 N–H and O–H groups in total. The molecule has 0 amide bonds. The highest BCUT2D eigenvalue weighted by molar-refractivity contribution is 7.91. The first-order chi connectivity index (χ1) is 14.4. The van der Waals surface area contributed by atoms with Crippen LogP contribution in [0.4, 0.5) is 11.6 Å². The van der Waals surface area contributed by atoms with Gasteiger partial charge in [-0.05, 0) is 47.4 Å². The quantitative estimate of drug-likeness (QED) is 0.573. The van der Waals surface area contributed by atoms with Crippen LogP contribution >= 0.6 is 0 Å². The maximum absolute atomic E-state index is 11.9. The van der Waals surface area contributed by atoms with Crippen LogP contribution in [0.1, 0.15) is 36.6 Å². The van der Waals surface area contributed by atoms with Crippen molar-refractivity contribution in [2.24, 2.45) is 0 Å². The summed E-state index contributed by atoms with van der Waals surface area (Å²) in [7, 11) is -6.63. The third-order valence-corrected chi connectivity index (χ3v) is 6.96. The fourth-order valence-corrected chi connectivity index (χ4v) is 4.48. The number of sulfone groups is 2. The van der Waals surface area contributed by atoms with Gasteiger partial charge in [0.15, 0.2) is 19.7 Å². The van der Waals surface area contributed by atoms with Gasteiger partial charge in [-0.2, -0.15) is 0 Å². The van der Waals surface area contributed by atoms with Crippen molar-refractivity contribution in [2.45, 2.75) is 36.0 Å². The van der Waals surface area contributed by atoms with E-state index in [9.17, 15) is 16.8 Å².